The summed E-state index contributed by atoms with van der Waals surface area (Å²) >= 11 is 0. The molecule has 0 aliphatic rings. The minimum Gasteiger partial charge on any atom is -0.428 e. The quantitative estimate of drug-likeness (QED) is 0.349. The lowest BCUT2D eigenvalue weighted by atomic mass is 10.5. The van der Waals surface area contributed by atoms with Gasteiger partial charge in [-0.15, -0.1) is 0 Å². The molecule has 0 bridgehead atoms. The monoisotopic (exact) mass is 156 g/mol. The maximum atomic E-state index is 5.24. The molecule has 0 radical (unpaired) electrons. The fourth-order valence-corrected chi connectivity index (χ4v) is 1.05. The average Bonchev–Trinajstić information content (AvgIpc) is 1.69. The van der Waals surface area contributed by atoms with Crippen LogP contribution < -0.4 is 0 Å². The van der Waals surface area contributed by atoms with Gasteiger partial charge in [-0.3, -0.25) is 0 Å². The van der Waals surface area contributed by atoms with Crippen molar-refractivity contribution < 1.29 is 4.65 Å². The van der Waals surface area contributed by atoms with Crippen LogP contribution in [0.3, 0.4) is 0 Å². The lowest BCUT2D eigenvalue weighted by Crippen LogP contribution is -1.89. The first-order valence-corrected chi connectivity index (χ1v) is 5.04. The summed E-state index contributed by atoms with van der Waals surface area (Å²) < 4.78 is 4.93. The summed E-state index contributed by atoms with van der Waals surface area (Å²) in [5.74, 6) is 0. The summed E-state index contributed by atoms with van der Waals surface area (Å²) in [6.45, 7) is 3.41. The highest BCUT2D eigenvalue weighted by Gasteiger charge is 1.86. The van der Waals surface area contributed by atoms with E-state index in [1.165, 1.54) is 20.7 Å². The van der Waals surface area contributed by atoms with Crippen molar-refractivity contribution >= 4 is 38.1 Å². The van der Waals surface area contributed by atoms with Gasteiger partial charge >= 0.3 is 6.76 Å². The third kappa shape index (κ3) is 7.01. The van der Waals surface area contributed by atoms with Crippen molar-refractivity contribution in [2.75, 3.05) is 6.61 Å². The molecule has 42 valence electrons. The van der Waals surface area contributed by atoms with E-state index < -0.39 is 0 Å². The Hall–Kier alpha value is 1.01. The van der Waals surface area contributed by atoms with E-state index in [0.29, 0.717) is 6.76 Å². The Morgan fingerprint density at radius 1 is 1.86 bits per heavy atom. The van der Waals surface area contributed by atoms with Gasteiger partial charge in [0.15, 0.2) is 0 Å². The molecule has 7 heavy (non-hydrogen) atoms. The van der Waals surface area contributed by atoms with Gasteiger partial charge < -0.3 is 4.65 Å². The Morgan fingerprint density at radius 3 is 3.00 bits per heavy atom. The zero-order chi connectivity index (χ0) is 5.54. The second-order valence-electron chi connectivity index (χ2n) is 0.791. The number of rotatable bonds is 4. The minimum absolute atomic E-state index is 0.685. The number of hydrogen-bond donors (Lipinski definition) is 0. The third-order valence-electron chi connectivity index (χ3n) is 0.380. The van der Waals surface area contributed by atoms with Gasteiger partial charge in [0.25, 0.3) is 0 Å². The molecular formula is C2H6BClOS2. The summed E-state index contributed by atoms with van der Waals surface area (Å²) in [5, 5.41) is 0. The Bertz CT molecular complexity index is 34.9. The molecule has 0 spiro atoms. The first-order chi connectivity index (χ1) is 3.41. The molecule has 0 fully saturated rings. The highest BCUT2D eigenvalue weighted by molar-refractivity contribution is 8.92. The third-order valence-corrected chi connectivity index (χ3v) is 2.09. The van der Waals surface area contributed by atoms with Crippen LogP contribution in [-0.2, 0) is 4.65 Å². The van der Waals surface area contributed by atoms with Gasteiger partial charge in [-0.2, -0.15) is 0 Å². The lowest BCUT2D eigenvalue weighted by Gasteiger charge is -1.90. The Balaban J connectivity index is 2.45. The fourth-order valence-electron chi connectivity index (χ4n) is 0.136. The predicted octanol–water partition coefficient (Wildman–Crippen LogP) is 1.82. The minimum atomic E-state index is 0.685. The lowest BCUT2D eigenvalue weighted by molar-refractivity contribution is 0.372. The van der Waals surface area contributed by atoms with Gasteiger partial charge in [-0.1, -0.05) is 10.6 Å². The predicted molar refractivity (Wildman–Crippen MR) is 39.8 cm³/mol. The van der Waals surface area contributed by atoms with Crippen LogP contribution in [0, 0.1) is 0 Å². The zero-order valence-electron chi connectivity index (χ0n) is 4.02. The van der Waals surface area contributed by atoms with E-state index >= 15 is 0 Å². The van der Waals surface area contributed by atoms with Crippen LogP contribution in [0.5, 0.6) is 0 Å². The highest BCUT2D eigenvalue weighted by Crippen LogP contribution is 2.22. The van der Waals surface area contributed by atoms with Crippen molar-refractivity contribution in [1.82, 2.24) is 0 Å². The molecule has 0 atom stereocenters. The largest absolute Gasteiger partial charge is 0.428 e. The van der Waals surface area contributed by atoms with Crippen LogP contribution in [0.25, 0.3) is 0 Å². The van der Waals surface area contributed by atoms with Gasteiger partial charge in [0.1, 0.15) is 0 Å². The molecule has 0 rings (SSSR count). The molecule has 0 saturated carbocycles. The van der Waals surface area contributed by atoms with E-state index in [-0.39, 0.29) is 0 Å². The maximum Gasteiger partial charge on any atom is 0.355 e. The first kappa shape index (κ1) is 8.01. The standard InChI is InChI=1S/C2H6BClOS2/c1-2-5-3-6-7-4/h3H,2H2,1H3. The smallest absolute Gasteiger partial charge is 0.355 e. The van der Waals surface area contributed by atoms with Gasteiger partial charge in [0.05, 0.1) is 0 Å². The van der Waals surface area contributed by atoms with Crippen LogP contribution in [0.4, 0.5) is 0 Å². The molecule has 0 heterocycles. The normalized spacial score (nSPS) is 8.86. The van der Waals surface area contributed by atoms with E-state index in [0.717, 1.165) is 6.61 Å². The first-order valence-electron chi connectivity index (χ1n) is 1.89. The summed E-state index contributed by atoms with van der Waals surface area (Å²) in [4.78, 5) is 0. The average molecular weight is 156 g/mol. The van der Waals surface area contributed by atoms with Gasteiger partial charge in [-0.25, -0.2) is 0 Å². The summed E-state index contributed by atoms with van der Waals surface area (Å²) in [7, 11) is 7.93. The number of halogens is 1. The highest BCUT2D eigenvalue weighted by atomic mass is 35.7. The fraction of sp³-hybridized carbons (Fsp3) is 1.00. The molecule has 0 aromatic heterocycles. The van der Waals surface area contributed by atoms with Crippen LogP contribution in [0.2, 0.25) is 0 Å². The molecule has 0 amide bonds. The SMILES string of the molecule is CCOBSSCl. The molecular weight excluding hydrogens is 150 g/mol. The van der Waals surface area contributed by atoms with Crippen molar-refractivity contribution in [2.45, 2.75) is 6.92 Å². The molecule has 0 unspecified atom stereocenters. The van der Waals surface area contributed by atoms with Crippen molar-refractivity contribution in [2.24, 2.45) is 0 Å². The maximum absolute atomic E-state index is 5.24. The summed E-state index contributed by atoms with van der Waals surface area (Å²) in [6.07, 6.45) is 0. The molecule has 0 aliphatic heterocycles. The van der Waals surface area contributed by atoms with Crippen molar-refractivity contribution in [3.05, 3.63) is 0 Å². The Labute approximate surface area is 56.6 Å². The van der Waals surface area contributed by atoms with E-state index in [4.69, 9.17) is 15.3 Å². The van der Waals surface area contributed by atoms with E-state index in [9.17, 15) is 0 Å². The molecule has 1 nitrogen and oxygen atoms in total. The summed E-state index contributed by atoms with van der Waals surface area (Å²) in [5.41, 5.74) is 0. The topological polar surface area (TPSA) is 9.23 Å². The van der Waals surface area contributed by atoms with E-state index in [1.54, 1.807) is 0 Å². The zero-order valence-corrected chi connectivity index (χ0v) is 6.41. The van der Waals surface area contributed by atoms with E-state index in [1.807, 2.05) is 6.92 Å². The molecule has 0 aliphatic carbocycles. The van der Waals surface area contributed by atoms with Crippen LogP contribution in [0.15, 0.2) is 0 Å². The van der Waals surface area contributed by atoms with Crippen LogP contribution in [0.1, 0.15) is 6.92 Å². The second kappa shape index (κ2) is 7.01. The van der Waals surface area contributed by atoms with Crippen molar-refractivity contribution in [1.29, 1.82) is 0 Å². The second-order valence-corrected chi connectivity index (χ2v) is 3.61. The van der Waals surface area contributed by atoms with Crippen LogP contribution in [-0.4, -0.2) is 13.4 Å². The Kier molecular flexibility index (Phi) is 8.03. The molecule has 0 N–H and O–H groups in total. The van der Waals surface area contributed by atoms with Gasteiger partial charge in [0, 0.05) is 16.6 Å². The van der Waals surface area contributed by atoms with E-state index in [2.05, 4.69) is 0 Å². The number of hydrogen-bond acceptors (Lipinski definition) is 3. The van der Waals surface area contributed by atoms with Gasteiger partial charge in [-0.05, 0) is 17.6 Å². The Morgan fingerprint density at radius 2 is 2.57 bits per heavy atom. The molecule has 5 heteroatoms. The van der Waals surface area contributed by atoms with Crippen molar-refractivity contribution in [3.8, 4) is 0 Å². The van der Waals surface area contributed by atoms with Gasteiger partial charge in [0.2, 0.25) is 0 Å². The molecule has 0 saturated heterocycles. The summed E-state index contributed by atoms with van der Waals surface area (Å²) in [6, 6.07) is 0. The molecule has 0 aromatic carbocycles. The van der Waals surface area contributed by atoms with Crippen molar-refractivity contribution in [3.63, 3.8) is 0 Å². The molecule has 0 aromatic rings. The van der Waals surface area contributed by atoms with Crippen LogP contribution >= 0.6 is 31.3 Å².